The second-order valence-electron chi connectivity index (χ2n) is 6.25. The number of carbonyl (C=O) groups excluding carboxylic acids is 1. The average molecular weight is 354 g/mol. The molecule has 0 unspecified atom stereocenters. The molecule has 0 saturated heterocycles. The molecule has 26 heavy (non-hydrogen) atoms. The van der Waals surface area contributed by atoms with E-state index < -0.39 is 5.97 Å². The van der Waals surface area contributed by atoms with Crippen LogP contribution in [0.3, 0.4) is 0 Å². The molecule has 0 radical (unpaired) electrons. The molecular weight excluding hydrogens is 335 g/mol. The van der Waals surface area contributed by atoms with E-state index in [1.165, 1.54) is 17.7 Å². The van der Waals surface area contributed by atoms with Crippen LogP contribution < -0.4 is 0 Å². The SMILES string of the molecule is CC(C)c1ccc(-c2noc(COC(=O)Cc3ccc(F)cc3)n2)cc1. The molecule has 134 valence electrons. The number of hydrogen-bond donors (Lipinski definition) is 0. The van der Waals surface area contributed by atoms with Crippen LogP contribution in [0.4, 0.5) is 4.39 Å². The van der Waals surface area contributed by atoms with Gasteiger partial charge in [0.2, 0.25) is 5.82 Å². The zero-order valence-electron chi connectivity index (χ0n) is 14.6. The molecule has 3 aromatic rings. The highest BCUT2D eigenvalue weighted by molar-refractivity contribution is 5.72. The summed E-state index contributed by atoms with van der Waals surface area (Å²) in [6, 6.07) is 13.6. The van der Waals surface area contributed by atoms with Crippen molar-refractivity contribution in [1.29, 1.82) is 0 Å². The lowest BCUT2D eigenvalue weighted by Crippen LogP contribution is -2.08. The van der Waals surface area contributed by atoms with E-state index in [2.05, 4.69) is 24.0 Å². The number of esters is 1. The Labute approximate surface area is 150 Å². The van der Waals surface area contributed by atoms with E-state index in [-0.39, 0.29) is 24.7 Å². The van der Waals surface area contributed by atoms with E-state index in [0.29, 0.717) is 17.3 Å². The van der Waals surface area contributed by atoms with E-state index >= 15 is 0 Å². The molecular formula is C20H19FN2O3. The van der Waals surface area contributed by atoms with Gasteiger partial charge in [0.05, 0.1) is 6.42 Å². The number of carbonyl (C=O) groups is 1. The monoisotopic (exact) mass is 354 g/mol. The fraction of sp³-hybridized carbons (Fsp3) is 0.250. The predicted molar refractivity (Wildman–Crippen MR) is 93.7 cm³/mol. The molecule has 0 spiro atoms. The second kappa shape index (κ2) is 7.91. The predicted octanol–water partition coefficient (Wildman–Crippen LogP) is 4.29. The molecule has 6 heteroatoms. The van der Waals surface area contributed by atoms with Crippen molar-refractivity contribution in [2.75, 3.05) is 0 Å². The Bertz CT molecular complexity index is 871. The zero-order chi connectivity index (χ0) is 18.5. The highest BCUT2D eigenvalue weighted by Gasteiger charge is 2.12. The first-order valence-electron chi connectivity index (χ1n) is 8.34. The van der Waals surface area contributed by atoms with E-state index in [1.807, 2.05) is 24.3 Å². The average Bonchev–Trinajstić information content (AvgIpc) is 3.11. The summed E-state index contributed by atoms with van der Waals surface area (Å²) in [6.45, 7) is 4.15. The van der Waals surface area contributed by atoms with Gasteiger partial charge in [0.1, 0.15) is 5.82 Å². The van der Waals surface area contributed by atoms with Crippen LogP contribution in [-0.4, -0.2) is 16.1 Å². The van der Waals surface area contributed by atoms with Gasteiger partial charge in [-0.25, -0.2) is 4.39 Å². The first-order chi connectivity index (χ1) is 12.5. The molecule has 3 rings (SSSR count). The maximum Gasteiger partial charge on any atom is 0.310 e. The van der Waals surface area contributed by atoms with E-state index in [4.69, 9.17) is 9.26 Å². The van der Waals surface area contributed by atoms with Gasteiger partial charge >= 0.3 is 5.97 Å². The maximum atomic E-state index is 12.9. The molecule has 0 atom stereocenters. The minimum atomic E-state index is -0.447. The van der Waals surface area contributed by atoms with Gasteiger partial charge in [-0.2, -0.15) is 4.98 Å². The van der Waals surface area contributed by atoms with Crippen molar-refractivity contribution < 1.29 is 18.4 Å². The fourth-order valence-electron chi connectivity index (χ4n) is 2.41. The summed E-state index contributed by atoms with van der Waals surface area (Å²) >= 11 is 0. The standard InChI is InChI=1S/C20H19FN2O3/c1-13(2)15-5-7-16(8-6-15)20-22-18(26-23-20)12-25-19(24)11-14-3-9-17(21)10-4-14/h3-10,13H,11-12H2,1-2H3. The van der Waals surface area contributed by atoms with Gasteiger partial charge in [-0.3, -0.25) is 4.79 Å². The molecule has 0 N–H and O–H groups in total. The lowest BCUT2D eigenvalue weighted by Gasteiger charge is -2.04. The molecule has 0 saturated carbocycles. The van der Waals surface area contributed by atoms with E-state index in [0.717, 1.165) is 5.56 Å². The molecule has 0 amide bonds. The largest absolute Gasteiger partial charge is 0.455 e. The summed E-state index contributed by atoms with van der Waals surface area (Å²) in [5, 5.41) is 3.91. The van der Waals surface area contributed by atoms with Crippen LogP contribution in [-0.2, 0) is 22.6 Å². The van der Waals surface area contributed by atoms with E-state index in [9.17, 15) is 9.18 Å². The molecule has 0 aliphatic carbocycles. The number of rotatable bonds is 6. The third kappa shape index (κ3) is 4.53. The highest BCUT2D eigenvalue weighted by Crippen LogP contribution is 2.20. The number of halogens is 1. The summed E-state index contributed by atoms with van der Waals surface area (Å²) < 4.78 is 23.1. The van der Waals surface area contributed by atoms with Crippen LogP contribution in [0.1, 0.15) is 36.8 Å². The van der Waals surface area contributed by atoms with Crippen LogP contribution in [0.5, 0.6) is 0 Å². The normalized spacial score (nSPS) is 10.9. The van der Waals surface area contributed by atoms with Crippen LogP contribution in [0.15, 0.2) is 53.1 Å². The molecule has 5 nitrogen and oxygen atoms in total. The molecule has 2 aromatic carbocycles. The smallest absolute Gasteiger partial charge is 0.310 e. The van der Waals surface area contributed by atoms with Crippen molar-refractivity contribution in [3.8, 4) is 11.4 Å². The van der Waals surface area contributed by atoms with E-state index in [1.54, 1.807) is 12.1 Å². The Balaban J connectivity index is 1.56. The number of hydrogen-bond acceptors (Lipinski definition) is 5. The third-order valence-corrected chi connectivity index (χ3v) is 3.92. The minimum absolute atomic E-state index is 0.0535. The molecule has 0 aliphatic rings. The van der Waals surface area contributed by atoms with Gasteiger partial charge in [0.15, 0.2) is 6.61 Å². The van der Waals surface area contributed by atoms with Crippen molar-refractivity contribution in [3.05, 3.63) is 71.4 Å². The first kappa shape index (κ1) is 17.8. The Kier molecular flexibility index (Phi) is 5.41. The summed E-state index contributed by atoms with van der Waals surface area (Å²) in [7, 11) is 0. The lowest BCUT2D eigenvalue weighted by molar-refractivity contribution is -0.144. The Morgan fingerprint density at radius 2 is 1.81 bits per heavy atom. The molecule has 1 heterocycles. The van der Waals surface area contributed by atoms with Gasteiger partial charge in [0, 0.05) is 5.56 Å². The molecule has 0 bridgehead atoms. The highest BCUT2D eigenvalue weighted by atomic mass is 19.1. The van der Waals surface area contributed by atoms with Gasteiger partial charge in [-0.15, -0.1) is 0 Å². The summed E-state index contributed by atoms with van der Waals surface area (Å²) in [5.74, 6) is 0.329. The summed E-state index contributed by atoms with van der Waals surface area (Å²) in [6.07, 6.45) is 0.0535. The van der Waals surface area contributed by atoms with Crippen LogP contribution in [0, 0.1) is 5.82 Å². The van der Waals surface area contributed by atoms with Gasteiger partial charge in [-0.05, 0) is 29.2 Å². The maximum absolute atomic E-state index is 12.9. The van der Waals surface area contributed by atoms with Crippen molar-refractivity contribution in [3.63, 3.8) is 0 Å². The number of aromatic nitrogens is 2. The Morgan fingerprint density at radius 1 is 1.12 bits per heavy atom. The summed E-state index contributed by atoms with van der Waals surface area (Å²) in [4.78, 5) is 16.1. The lowest BCUT2D eigenvalue weighted by atomic mass is 10.0. The number of ether oxygens (including phenoxy) is 1. The number of nitrogens with zero attached hydrogens (tertiary/aromatic N) is 2. The second-order valence-corrected chi connectivity index (χ2v) is 6.25. The Morgan fingerprint density at radius 3 is 2.46 bits per heavy atom. The fourth-order valence-corrected chi connectivity index (χ4v) is 2.41. The topological polar surface area (TPSA) is 65.2 Å². The van der Waals surface area contributed by atoms with Crippen LogP contribution >= 0.6 is 0 Å². The van der Waals surface area contributed by atoms with Crippen molar-refractivity contribution >= 4 is 5.97 Å². The third-order valence-electron chi connectivity index (χ3n) is 3.92. The Hall–Kier alpha value is -3.02. The quantitative estimate of drug-likeness (QED) is 0.618. The molecule has 0 fully saturated rings. The van der Waals surface area contributed by atoms with Gasteiger partial charge < -0.3 is 9.26 Å². The van der Waals surface area contributed by atoms with Crippen molar-refractivity contribution in [2.24, 2.45) is 0 Å². The van der Waals surface area contributed by atoms with Gasteiger partial charge in [0.25, 0.3) is 5.89 Å². The summed E-state index contributed by atoms with van der Waals surface area (Å²) in [5.41, 5.74) is 2.74. The zero-order valence-corrected chi connectivity index (χ0v) is 14.6. The van der Waals surface area contributed by atoms with Crippen molar-refractivity contribution in [1.82, 2.24) is 10.1 Å². The first-order valence-corrected chi connectivity index (χ1v) is 8.34. The minimum Gasteiger partial charge on any atom is -0.455 e. The number of benzene rings is 2. The molecule has 0 aliphatic heterocycles. The van der Waals surface area contributed by atoms with Gasteiger partial charge in [-0.1, -0.05) is 55.4 Å². The van der Waals surface area contributed by atoms with Crippen molar-refractivity contribution in [2.45, 2.75) is 32.8 Å². The van der Waals surface area contributed by atoms with Crippen LogP contribution in [0.2, 0.25) is 0 Å². The molecule has 1 aromatic heterocycles. The van der Waals surface area contributed by atoms with Crippen LogP contribution in [0.25, 0.3) is 11.4 Å².